The Morgan fingerprint density at radius 1 is 1.29 bits per heavy atom. The van der Waals surface area contributed by atoms with Crippen LogP contribution in [0.25, 0.3) is 0 Å². The summed E-state index contributed by atoms with van der Waals surface area (Å²) in [6.07, 6.45) is 1.20. The highest BCUT2D eigenvalue weighted by Gasteiger charge is 2.25. The van der Waals surface area contributed by atoms with Gasteiger partial charge in [0.25, 0.3) is 0 Å². The Morgan fingerprint density at radius 2 is 1.94 bits per heavy atom. The lowest BCUT2D eigenvalue weighted by atomic mass is 10.2. The summed E-state index contributed by atoms with van der Waals surface area (Å²) in [5.74, 6) is 1.32. The molecule has 94 valence electrons. The van der Waals surface area contributed by atoms with E-state index in [-0.39, 0.29) is 17.6 Å². The van der Waals surface area contributed by atoms with Gasteiger partial charge in [-0.2, -0.15) is 0 Å². The van der Waals surface area contributed by atoms with Crippen molar-refractivity contribution in [3.05, 3.63) is 28.2 Å². The minimum absolute atomic E-state index is 0.0199. The summed E-state index contributed by atoms with van der Waals surface area (Å²) in [7, 11) is -2.82. The van der Waals surface area contributed by atoms with Crippen molar-refractivity contribution in [1.82, 2.24) is 0 Å². The van der Waals surface area contributed by atoms with Gasteiger partial charge in [-0.1, -0.05) is 22.0 Å². The van der Waals surface area contributed by atoms with Crippen LogP contribution in [-0.4, -0.2) is 26.0 Å². The number of benzene rings is 1. The molecule has 0 aliphatic carbocycles. The molecule has 17 heavy (non-hydrogen) atoms. The summed E-state index contributed by atoms with van der Waals surface area (Å²) in [6.45, 7) is 1.99. The Labute approximate surface area is 110 Å². The van der Waals surface area contributed by atoms with E-state index in [1.807, 2.05) is 25.1 Å². The van der Waals surface area contributed by atoms with E-state index in [0.717, 1.165) is 15.8 Å². The van der Waals surface area contributed by atoms with Crippen molar-refractivity contribution in [3.63, 3.8) is 0 Å². The number of rotatable bonds is 2. The quantitative estimate of drug-likeness (QED) is 0.842. The first-order valence-corrected chi connectivity index (χ1v) is 8.21. The van der Waals surface area contributed by atoms with Crippen molar-refractivity contribution in [2.45, 2.75) is 25.9 Å². The number of hydrogen-bond acceptors (Lipinski definition) is 3. The second-order valence-electron chi connectivity index (χ2n) is 4.33. The molecule has 0 aromatic heterocycles. The zero-order valence-corrected chi connectivity index (χ0v) is 12.1. The fourth-order valence-corrected chi connectivity index (χ4v) is 3.68. The van der Waals surface area contributed by atoms with Crippen LogP contribution in [0.5, 0.6) is 5.75 Å². The minimum Gasteiger partial charge on any atom is -0.490 e. The van der Waals surface area contributed by atoms with Gasteiger partial charge in [0.1, 0.15) is 11.9 Å². The molecule has 0 N–H and O–H groups in total. The maximum atomic E-state index is 11.3. The Kier molecular flexibility index (Phi) is 3.78. The average Bonchev–Trinajstić information content (AvgIpc) is 2.27. The molecule has 0 unspecified atom stereocenters. The molecule has 0 radical (unpaired) electrons. The van der Waals surface area contributed by atoms with Gasteiger partial charge in [0.05, 0.1) is 11.5 Å². The van der Waals surface area contributed by atoms with E-state index in [1.54, 1.807) is 0 Å². The topological polar surface area (TPSA) is 43.4 Å². The Bertz CT molecular complexity index is 496. The summed E-state index contributed by atoms with van der Waals surface area (Å²) in [5.41, 5.74) is 1.06. The molecule has 0 spiro atoms. The monoisotopic (exact) mass is 318 g/mol. The third-order valence-corrected chi connectivity index (χ3v) is 5.59. The maximum absolute atomic E-state index is 11.3. The smallest absolute Gasteiger partial charge is 0.150 e. The number of halogens is 1. The molecule has 2 rings (SSSR count). The molecule has 5 heteroatoms. The highest BCUT2D eigenvalue weighted by Crippen LogP contribution is 2.28. The predicted octanol–water partition coefficient (Wildman–Crippen LogP) is 2.71. The zero-order valence-electron chi connectivity index (χ0n) is 9.65. The van der Waals surface area contributed by atoms with Crippen molar-refractivity contribution >= 4 is 25.8 Å². The molecule has 0 amide bonds. The number of hydrogen-bond donors (Lipinski definition) is 0. The van der Waals surface area contributed by atoms with Crippen molar-refractivity contribution in [1.29, 1.82) is 0 Å². The normalized spacial score (nSPS) is 20.1. The molecular formula is C12H15BrO3S. The molecular weight excluding hydrogens is 304 g/mol. The van der Waals surface area contributed by atoms with Crippen molar-refractivity contribution < 1.29 is 13.2 Å². The van der Waals surface area contributed by atoms with Crippen LogP contribution < -0.4 is 4.74 Å². The third kappa shape index (κ3) is 3.22. The fourth-order valence-electron chi connectivity index (χ4n) is 1.88. The summed E-state index contributed by atoms with van der Waals surface area (Å²) >= 11 is 3.45. The van der Waals surface area contributed by atoms with E-state index in [0.29, 0.717) is 12.8 Å². The van der Waals surface area contributed by atoms with E-state index in [9.17, 15) is 8.42 Å². The molecule has 0 saturated carbocycles. The lowest BCUT2D eigenvalue weighted by Gasteiger charge is -2.24. The van der Waals surface area contributed by atoms with Gasteiger partial charge in [0.2, 0.25) is 0 Å². The molecule has 1 aliphatic heterocycles. The third-order valence-electron chi connectivity index (χ3n) is 3.01. The van der Waals surface area contributed by atoms with Crippen LogP contribution in [0.15, 0.2) is 22.7 Å². The first kappa shape index (κ1) is 12.9. The first-order valence-electron chi connectivity index (χ1n) is 5.60. The van der Waals surface area contributed by atoms with E-state index in [2.05, 4.69) is 15.9 Å². The molecule has 3 nitrogen and oxygen atoms in total. The number of sulfone groups is 1. The number of ether oxygens (including phenoxy) is 1. The minimum atomic E-state index is -2.82. The van der Waals surface area contributed by atoms with E-state index >= 15 is 0 Å². The summed E-state index contributed by atoms with van der Waals surface area (Å²) < 4.78 is 29.5. The van der Waals surface area contributed by atoms with Gasteiger partial charge in [-0.3, -0.25) is 0 Å². The molecule has 0 bridgehead atoms. The van der Waals surface area contributed by atoms with Gasteiger partial charge < -0.3 is 4.74 Å². The Hall–Kier alpha value is -0.550. The molecule has 1 aliphatic rings. The van der Waals surface area contributed by atoms with Gasteiger partial charge in [-0.05, 0) is 31.9 Å². The molecule has 1 aromatic carbocycles. The Morgan fingerprint density at radius 3 is 2.59 bits per heavy atom. The van der Waals surface area contributed by atoms with Crippen LogP contribution in [-0.2, 0) is 9.84 Å². The fraction of sp³-hybridized carbons (Fsp3) is 0.500. The van der Waals surface area contributed by atoms with E-state index < -0.39 is 9.84 Å². The molecule has 1 fully saturated rings. The van der Waals surface area contributed by atoms with Crippen LogP contribution in [0.1, 0.15) is 18.4 Å². The largest absolute Gasteiger partial charge is 0.490 e. The van der Waals surface area contributed by atoms with Gasteiger partial charge in [-0.25, -0.2) is 8.42 Å². The van der Waals surface area contributed by atoms with Crippen LogP contribution in [0.2, 0.25) is 0 Å². The van der Waals surface area contributed by atoms with Crippen LogP contribution >= 0.6 is 15.9 Å². The maximum Gasteiger partial charge on any atom is 0.150 e. The second kappa shape index (κ2) is 4.98. The van der Waals surface area contributed by atoms with Crippen LogP contribution in [0.4, 0.5) is 0 Å². The van der Waals surface area contributed by atoms with Crippen molar-refractivity contribution in [3.8, 4) is 5.75 Å². The van der Waals surface area contributed by atoms with Crippen molar-refractivity contribution in [2.24, 2.45) is 0 Å². The molecule has 0 atom stereocenters. The van der Waals surface area contributed by atoms with E-state index in [4.69, 9.17) is 4.74 Å². The summed E-state index contributed by atoms with van der Waals surface area (Å²) in [6, 6.07) is 5.81. The molecule has 1 heterocycles. The SMILES string of the molecule is Cc1c(Br)cccc1OC1CCS(=O)(=O)CC1. The highest BCUT2D eigenvalue weighted by molar-refractivity contribution is 9.10. The predicted molar refractivity (Wildman–Crippen MR) is 71.2 cm³/mol. The summed E-state index contributed by atoms with van der Waals surface area (Å²) in [4.78, 5) is 0. The van der Waals surface area contributed by atoms with Gasteiger partial charge in [0, 0.05) is 10.0 Å². The highest BCUT2D eigenvalue weighted by atomic mass is 79.9. The summed E-state index contributed by atoms with van der Waals surface area (Å²) in [5, 5.41) is 0. The lowest BCUT2D eigenvalue weighted by molar-refractivity contribution is 0.188. The standard InChI is InChI=1S/C12H15BrO3S/c1-9-11(13)3-2-4-12(9)16-10-5-7-17(14,15)8-6-10/h2-4,10H,5-8H2,1H3. The first-order chi connectivity index (χ1) is 7.98. The van der Waals surface area contributed by atoms with Gasteiger partial charge in [0.15, 0.2) is 9.84 Å². The average molecular weight is 319 g/mol. The van der Waals surface area contributed by atoms with Crippen molar-refractivity contribution in [2.75, 3.05) is 11.5 Å². The zero-order chi connectivity index (χ0) is 12.5. The second-order valence-corrected chi connectivity index (χ2v) is 7.49. The Balaban J connectivity index is 2.05. The van der Waals surface area contributed by atoms with Gasteiger partial charge in [-0.15, -0.1) is 0 Å². The van der Waals surface area contributed by atoms with Crippen LogP contribution in [0.3, 0.4) is 0 Å². The molecule has 1 saturated heterocycles. The van der Waals surface area contributed by atoms with Gasteiger partial charge >= 0.3 is 0 Å². The van der Waals surface area contributed by atoms with E-state index in [1.165, 1.54) is 0 Å². The van der Waals surface area contributed by atoms with Crippen LogP contribution in [0, 0.1) is 6.92 Å². The lowest BCUT2D eigenvalue weighted by Crippen LogP contribution is -2.30. The molecule has 1 aromatic rings.